The molecule has 2 aromatic carbocycles. The summed E-state index contributed by atoms with van der Waals surface area (Å²) in [7, 11) is -3.89. The molecule has 0 saturated carbocycles. The van der Waals surface area contributed by atoms with Crippen LogP contribution in [0.4, 0.5) is 11.4 Å². The number of piperazine rings is 1. The number of benzene rings is 2. The molecule has 0 bridgehead atoms. The minimum Gasteiger partial charge on any atom is -0.367 e. The summed E-state index contributed by atoms with van der Waals surface area (Å²) in [4.78, 5) is 14.8. The van der Waals surface area contributed by atoms with Crippen molar-refractivity contribution >= 4 is 38.9 Å². The zero-order chi connectivity index (χ0) is 22.6. The summed E-state index contributed by atoms with van der Waals surface area (Å²) in [6.07, 6.45) is 0.804. The van der Waals surface area contributed by atoms with Crippen molar-refractivity contribution in [3.63, 3.8) is 0 Å². The van der Waals surface area contributed by atoms with Gasteiger partial charge in [0.1, 0.15) is 0 Å². The van der Waals surface area contributed by atoms with E-state index in [0.717, 1.165) is 43.9 Å². The molecule has 168 valence electrons. The highest BCUT2D eigenvalue weighted by atomic mass is 35.5. The van der Waals surface area contributed by atoms with E-state index >= 15 is 0 Å². The molecule has 1 heterocycles. The Morgan fingerprint density at radius 1 is 1.19 bits per heavy atom. The normalized spacial score (nSPS) is 15.4. The second-order valence-corrected chi connectivity index (χ2v) is 9.86. The van der Waals surface area contributed by atoms with Crippen LogP contribution in [0.5, 0.6) is 0 Å². The van der Waals surface area contributed by atoms with Crippen LogP contribution in [0.3, 0.4) is 0 Å². The number of halogens is 1. The molecular weight excluding hydrogens is 436 g/mol. The number of carbonyl (C=O) groups excluding carboxylic acids is 1. The molecule has 3 N–H and O–H groups in total. The monoisotopic (exact) mass is 464 g/mol. The predicted molar refractivity (Wildman–Crippen MR) is 126 cm³/mol. The smallest absolute Gasteiger partial charge is 0.262 e. The van der Waals surface area contributed by atoms with Gasteiger partial charge in [-0.05, 0) is 56.2 Å². The second kappa shape index (κ2) is 9.89. The zero-order valence-electron chi connectivity index (χ0n) is 18.0. The average molecular weight is 465 g/mol. The standard InChI is InChI=1S/C22H29ClN4O3S/c1-4-16(3)25-22(28)17-6-8-21(27-11-9-24-10-12-27)20(13-17)26-31(29,30)18-7-5-15(2)19(23)14-18/h5-8,13-14,16,24,26H,4,9-12H2,1-3H3,(H,25,28)/t16-/m0/s1. The highest BCUT2D eigenvalue weighted by Crippen LogP contribution is 2.31. The van der Waals surface area contributed by atoms with Gasteiger partial charge in [0.25, 0.3) is 15.9 Å². The SMILES string of the molecule is CC[C@H](C)NC(=O)c1ccc(N2CCNCC2)c(NS(=O)(=O)c2ccc(C)c(Cl)c2)c1. The largest absolute Gasteiger partial charge is 0.367 e. The van der Waals surface area contributed by atoms with Crippen molar-refractivity contribution in [2.45, 2.75) is 38.1 Å². The molecule has 1 aliphatic heterocycles. The highest BCUT2D eigenvalue weighted by Gasteiger charge is 2.22. The van der Waals surface area contributed by atoms with E-state index in [-0.39, 0.29) is 16.8 Å². The summed E-state index contributed by atoms with van der Waals surface area (Å²) >= 11 is 6.14. The number of anilines is 2. The maximum atomic E-state index is 13.1. The Balaban J connectivity index is 1.98. The van der Waals surface area contributed by atoms with E-state index in [9.17, 15) is 13.2 Å². The molecule has 0 aromatic heterocycles. The van der Waals surface area contributed by atoms with Crippen LogP contribution in [-0.4, -0.2) is 46.5 Å². The minimum absolute atomic E-state index is 0.0233. The molecule has 1 aliphatic rings. The van der Waals surface area contributed by atoms with Crippen molar-refractivity contribution in [1.29, 1.82) is 0 Å². The van der Waals surface area contributed by atoms with E-state index < -0.39 is 10.0 Å². The van der Waals surface area contributed by atoms with Gasteiger partial charge >= 0.3 is 0 Å². The van der Waals surface area contributed by atoms with E-state index in [1.165, 1.54) is 12.1 Å². The van der Waals surface area contributed by atoms with Gasteiger partial charge in [-0.3, -0.25) is 9.52 Å². The van der Waals surface area contributed by atoms with Crippen LogP contribution in [0.2, 0.25) is 5.02 Å². The molecule has 1 saturated heterocycles. The molecule has 1 fully saturated rings. The zero-order valence-corrected chi connectivity index (χ0v) is 19.6. The molecule has 7 nitrogen and oxygen atoms in total. The van der Waals surface area contributed by atoms with Crippen molar-refractivity contribution in [2.75, 3.05) is 35.8 Å². The molecule has 0 radical (unpaired) electrons. The molecule has 0 unspecified atom stereocenters. The fourth-order valence-corrected chi connectivity index (χ4v) is 4.63. The first-order valence-electron chi connectivity index (χ1n) is 10.4. The van der Waals surface area contributed by atoms with Gasteiger partial charge in [0.15, 0.2) is 0 Å². The summed E-state index contributed by atoms with van der Waals surface area (Å²) in [5.74, 6) is -0.236. The number of sulfonamides is 1. The Labute approximate surface area is 189 Å². The van der Waals surface area contributed by atoms with Crippen LogP contribution in [0, 0.1) is 6.92 Å². The van der Waals surface area contributed by atoms with Gasteiger partial charge in [-0.15, -0.1) is 0 Å². The summed E-state index contributed by atoms with van der Waals surface area (Å²) in [6.45, 7) is 8.81. The first-order valence-corrected chi connectivity index (χ1v) is 12.3. The van der Waals surface area contributed by atoms with Gasteiger partial charge in [0.2, 0.25) is 0 Å². The summed E-state index contributed by atoms with van der Waals surface area (Å²) in [6, 6.07) is 9.78. The third-order valence-corrected chi connectivity index (χ3v) is 7.17. The number of carbonyl (C=O) groups is 1. The van der Waals surface area contributed by atoms with E-state index in [4.69, 9.17) is 11.6 Å². The Bertz CT molecular complexity index is 1050. The molecule has 9 heteroatoms. The van der Waals surface area contributed by atoms with E-state index in [2.05, 4.69) is 20.3 Å². The number of amides is 1. The van der Waals surface area contributed by atoms with Crippen LogP contribution in [0.1, 0.15) is 36.2 Å². The number of aryl methyl sites for hydroxylation is 1. The van der Waals surface area contributed by atoms with E-state index in [0.29, 0.717) is 16.3 Å². The van der Waals surface area contributed by atoms with Gasteiger partial charge < -0.3 is 15.5 Å². The van der Waals surface area contributed by atoms with Gasteiger partial charge in [-0.1, -0.05) is 24.6 Å². The third-order valence-electron chi connectivity index (χ3n) is 5.40. The molecule has 1 atom stereocenters. The molecular formula is C22H29ClN4O3S. The second-order valence-electron chi connectivity index (χ2n) is 7.77. The molecule has 31 heavy (non-hydrogen) atoms. The lowest BCUT2D eigenvalue weighted by Crippen LogP contribution is -2.43. The number of hydrogen-bond acceptors (Lipinski definition) is 5. The topological polar surface area (TPSA) is 90.5 Å². The minimum atomic E-state index is -3.89. The van der Waals surface area contributed by atoms with Crippen LogP contribution in [0.25, 0.3) is 0 Å². The average Bonchev–Trinajstić information content (AvgIpc) is 2.75. The Morgan fingerprint density at radius 3 is 2.55 bits per heavy atom. The third kappa shape index (κ3) is 5.70. The van der Waals surface area contributed by atoms with Gasteiger partial charge in [0, 0.05) is 42.8 Å². The summed E-state index contributed by atoms with van der Waals surface area (Å²) in [5.41, 5.74) is 2.31. The lowest BCUT2D eigenvalue weighted by atomic mass is 10.1. The molecule has 1 amide bonds. The molecule has 0 spiro atoms. The predicted octanol–water partition coefficient (Wildman–Crippen LogP) is 3.39. The molecule has 2 aromatic rings. The van der Waals surface area contributed by atoms with Crippen LogP contribution in [-0.2, 0) is 10.0 Å². The Hall–Kier alpha value is -2.29. The Morgan fingerprint density at radius 2 is 1.90 bits per heavy atom. The fourth-order valence-electron chi connectivity index (χ4n) is 3.29. The first-order chi connectivity index (χ1) is 14.7. The lowest BCUT2D eigenvalue weighted by molar-refractivity contribution is 0.0939. The van der Waals surface area contributed by atoms with Crippen molar-refractivity contribution in [3.05, 3.63) is 52.5 Å². The van der Waals surface area contributed by atoms with Crippen molar-refractivity contribution in [3.8, 4) is 0 Å². The summed E-state index contributed by atoms with van der Waals surface area (Å²) < 4.78 is 28.9. The highest BCUT2D eigenvalue weighted by molar-refractivity contribution is 7.92. The Kier molecular flexibility index (Phi) is 7.46. The number of rotatable bonds is 7. The van der Waals surface area contributed by atoms with Crippen molar-refractivity contribution in [1.82, 2.24) is 10.6 Å². The summed E-state index contributed by atoms with van der Waals surface area (Å²) in [5, 5.41) is 6.59. The quantitative estimate of drug-likeness (QED) is 0.584. The van der Waals surface area contributed by atoms with Crippen LogP contribution < -0.4 is 20.3 Å². The molecule has 0 aliphatic carbocycles. The van der Waals surface area contributed by atoms with Gasteiger partial charge in [-0.2, -0.15) is 0 Å². The maximum Gasteiger partial charge on any atom is 0.262 e. The lowest BCUT2D eigenvalue weighted by Gasteiger charge is -2.31. The number of nitrogens with one attached hydrogen (secondary N) is 3. The fraction of sp³-hybridized carbons (Fsp3) is 0.409. The first kappa shape index (κ1) is 23.4. The van der Waals surface area contributed by atoms with Crippen LogP contribution in [0.15, 0.2) is 41.3 Å². The van der Waals surface area contributed by atoms with E-state index in [1.807, 2.05) is 20.8 Å². The van der Waals surface area contributed by atoms with E-state index in [1.54, 1.807) is 24.3 Å². The molecule has 3 rings (SSSR count). The van der Waals surface area contributed by atoms with Crippen LogP contribution >= 0.6 is 11.6 Å². The number of hydrogen-bond donors (Lipinski definition) is 3. The van der Waals surface area contributed by atoms with Gasteiger partial charge in [-0.25, -0.2) is 8.42 Å². The van der Waals surface area contributed by atoms with Crippen molar-refractivity contribution < 1.29 is 13.2 Å². The number of nitrogens with zero attached hydrogens (tertiary/aromatic N) is 1. The van der Waals surface area contributed by atoms with Crippen molar-refractivity contribution in [2.24, 2.45) is 0 Å². The maximum absolute atomic E-state index is 13.1. The van der Waals surface area contributed by atoms with Gasteiger partial charge in [0.05, 0.1) is 16.3 Å².